The van der Waals surface area contributed by atoms with Gasteiger partial charge in [0.1, 0.15) is 17.4 Å². The van der Waals surface area contributed by atoms with Crippen LogP contribution in [-0.4, -0.2) is 66.9 Å². The van der Waals surface area contributed by atoms with E-state index in [1.807, 2.05) is 115 Å². The second-order valence-corrected chi connectivity index (χ2v) is 37.8. The standard InChI is InChI=1S/C43H35N5.C40H29N5O.C38H28N4/c1-42(2,41-45-39(28-15-7-5-8-16-28)44-40(46-41)29-17-9-6-10-18-29)30-23-25-31(26-24-30)48-35-21-13-11-19-32(35)33-27-47-36-22-14-12-20-34(36)43(3,4)38(47)37(33)48;1-40(2)32-18-10-12-20-34(32)44-25-31-30-17-9-11-19-33(30)45(35(31)36(40)44)28-21-23-29(24-22-28)46-39-42-37(26-13-5-3-6-14-26)41-38(43-39)27-15-7-4-8-16-27;1-38(2)30-15-7-10-18-33(30)40-24-29-28-14-6-9-17-32(28)41(35(29)36(38)40)26-20-22-27(23-21-26)42-34-19-11-8-16-31(34)39-37(42)25-12-4-3-5-13-25/h5-27H,1-4H3;3-25H,1-2H3;3-24H,1-2H3. The third-order valence-electron chi connectivity index (χ3n) is 28.2. The average molecular weight is 1760 g/mol. The van der Waals surface area contributed by atoms with Gasteiger partial charge in [0.25, 0.3) is 0 Å². The van der Waals surface area contributed by atoms with Gasteiger partial charge in [-0.2, -0.15) is 9.97 Å². The largest absolute Gasteiger partial charge is 0.424 e. The maximum atomic E-state index is 6.31. The fraction of sp³-hybridized carbons (Fsp3) is 0.0992. The van der Waals surface area contributed by atoms with Gasteiger partial charge < -0.3 is 32.1 Å². The molecular formula is C121H92N14O. The minimum absolute atomic E-state index is 0.120. The summed E-state index contributed by atoms with van der Waals surface area (Å²) in [6.07, 6.45) is 6.99. The number of fused-ring (bicyclic) bond motifs is 22. The molecule has 27 rings (SSSR count). The first kappa shape index (κ1) is 80.9. The molecule has 0 N–H and O–H groups in total. The minimum atomic E-state index is -0.482. The summed E-state index contributed by atoms with van der Waals surface area (Å²) in [5.74, 6) is 4.81. The van der Waals surface area contributed by atoms with Crippen molar-refractivity contribution in [2.24, 2.45) is 0 Å². The van der Waals surface area contributed by atoms with Crippen LogP contribution in [0.1, 0.15) is 101 Å². The summed E-state index contributed by atoms with van der Waals surface area (Å²) in [6, 6.07) is 138. The van der Waals surface area contributed by atoms with Crippen molar-refractivity contribution in [1.82, 2.24) is 66.9 Å². The average Bonchev–Trinajstić information content (AvgIpc) is 1.53. The van der Waals surface area contributed by atoms with Crippen LogP contribution in [0.2, 0.25) is 0 Å². The highest BCUT2D eigenvalue weighted by Crippen LogP contribution is 2.54. The van der Waals surface area contributed by atoms with Gasteiger partial charge in [-0.05, 0) is 145 Å². The number of nitrogens with zero attached hydrogens (tertiary/aromatic N) is 14. The number of hydrogen-bond donors (Lipinski definition) is 0. The van der Waals surface area contributed by atoms with Crippen molar-refractivity contribution >= 4 is 76.5 Å². The summed E-state index contributed by atoms with van der Waals surface area (Å²) in [4.78, 5) is 34.2. The molecule has 652 valence electrons. The number of ether oxygens (including phenoxy) is 1. The molecule has 136 heavy (non-hydrogen) atoms. The Kier molecular flexibility index (Phi) is 18.6. The molecule has 15 aromatic carbocycles. The van der Waals surface area contributed by atoms with Crippen LogP contribution in [0.15, 0.2) is 413 Å². The fourth-order valence-corrected chi connectivity index (χ4v) is 21.7. The van der Waals surface area contributed by atoms with E-state index in [1.165, 1.54) is 116 Å². The van der Waals surface area contributed by atoms with E-state index >= 15 is 0 Å². The highest BCUT2D eigenvalue weighted by Gasteiger charge is 2.44. The van der Waals surface area contributed by atoms with Crippen LogP contribution in [0, 0.1) is 0 Å². The van der Waals surface area contributed by atoms with Gasteiger partial charge in [-0.15, -0.1) is 0 Å². The Hall–Kier alpha value is -17.2. The molecule has 0 atom stereocenters. The van der Waals surface area contributed by atoms with Crippen molar-refractivity contribution in [2.45, 2.75) is 77.0 Å². The predicted molar refractivity (Wildman–Crippen MR) is 550 cm³/mol. The van der Waals surface area contributed by atoms with Crippen LogP contribution in [0.5, 0.6) is 11.8 Å². The van der Waals surface area contributed by atoms with Crippen molar-refractivity contribution in [2.75, 3.05) is 0 Å². The van der Waals surface area contributed by atoms with Gasteiger partial charge in [-0.3, -0.25) is 4.57 Å². The Bertz CT molecular complexity index is 8720. The molecule has 9 aromatic heterocycles. The lowest BCUT2D eigenvalue weighted by atomic mass is 9.82. The van der Waals surface area contributed by atoms with E-state index in [1.54, 1.807) is 0 Å². The van der Waals surface area contributed by atoms with Gasteiger partial charge in [-0.1, -0.05) is 327 Å². The molecule has 0 spiro atoms. The highest BCUT2D eigenvalue weighted by molar-refractivity contribution is 6.14. The van der Waals surface area contributed by atoms with Gasteiger partial charge in [0.15, 0.2) is 23.3 Å². The molecule has 0 radical (unpaired) electrons. The van der Waals surface area contributed by atoms with Gasteiger partial charge in [0, 0.05) is 140 Å². The molecule has 24 aromatic rings. The molecule has 0 unspecified atom stereocenters. The van der Waals surface area contributed by atoms with Gasteiger partial charge in [-0.25, -0.2) is 24.9 Å². The van der Waals surface area contributed by atoms with E-state index in [9.17, 15) is 0 Å². The summed E-state index contributed by atoms with van der Waals surface area (Å²) in [5, 5.41) is 7.59. The van der Waals surface area contributed by atoms with Crippen LogP contribution >= 0.6 is 0 Å². The molecule has 15 nitrogen and oxygen atoms in total. The molecular weight excluding hydrogens is 1670 g/mol. The fourth-order valence-electron chi connectivity index (χ4n) is 21.7. The maximum Gasteiger partial charge on any atom is 0.326 e. The van der Waals surface area contributed by atoms with E-state index in [0.717, 1.165) is 78.8 Å². The minimum Gasteiger partial charge on any atom is -0.424 e. The first-order valence-electron chi connectivity index (χ1n) is 46.5. The lowest BCUT2D eigenvalue weighted by molar-refractivity contribution is 0.441. The third-order valence-corrected chi connectivity index (χ3v) is 28.2. The van der Waals surface area contributed by atoms with Crippen molar-refractivity contribution in [1.29, 1.82) is 0 Å². The number of aromatic nitrogens is 14. The van der Waals surface area contributed by atoms with Crippen molar-refractivity contribution < 1.29 is 4.74 Å². The Labute approximate surface area is 786 Å². The molecule has 0 fully saturated rings. The third kappa shape index (κ3) is 12.8. The first-order chi connectivity index (χ1) is 66.5. The zero-order valence-corrected chi connectivity index (χ0v) is 76.4. The second-order valence-electron chi connectivity index (χ2n) is 37.8. The van der Waals surface area contributed by atoms with E-state index in [2.05, 4.69) is 385 Å². The number of benzene rings is 15. The monoisotopic (exact) mass is 1760 g/mol. The topological polar surface area (TPSA) is 134 Å². The lowest BCUT2D eigenvalue weighted by Gasteiger charge is -2.25. The van der Waals surface area contributed by atoms with Crippen LogP contribution in [0.3, 0.4) is 0 Å². The van der Waals surface area contributed by atoms with E-state index < -0.39 is 5.41 Å². The zero-order valence-electron chi connectivity index (χ0n) is 76.4. The SMILES string of the molecule is CC(C)(c1ccc(-n2c3ccccc3c3cn4c(c32)C(C)(C)c2ccccc2-4)cc1)c1nc(-c2ccccc2)nc(-c2ccccc2)n1.CC1(C)c2ccccc2-n2cc3c4ccccc4n(-c4ccc(-n5c(-c6ccccc6)nc6ccccc65)cc4)c3c21.CC1(C)c2ccccc2-n2cc3c4ccccc4n(-c4ccc(Oc5nc(-c6ccccc6)nc(-c6ccccc6)n5)cc4)c3c21. The molecule has 3 aliphatic rings. The van der Waals surface area contributed by atoms with E-state index in [-0.39, 0.29) is 22.3 Å². The lowest BCUT2D eigenvalue weighted by Crippen LogP contribution is -2.23. The summed E-state index contributed by atoms with van der Waals surface area (Å²) in [6.45, 7) is 18.4. The Morgan fingerprint density at radius 2 is 0.544 bits per heavy atom. The molecule has 0 aliphatic carbocycles. The van der Waals surface area contributed by atoms with Gasteiger partial charge in [0.2, 0.25) is 0 Å². The molecule has 12 heterocycles. The quantitative estimate of drug-likeness (QED) is 0.111. The Morgan fingerprint density at radius 3 is 0.919 bits per heavy atom. The predicted octanol–water partition coefficient (Wildman–Crippen LogP) is 28.8. The molecule has 0 amide bonds. The normalized spacial score (nSPS) is 13.5. The summed E-state index contributed by atoms with van der Waals surface area (Å²) >= 11 is 0. The van der Waals surface area contributed by atoms with Crippen molar-refractivity contribution in [3.05, 3.63) is 458 Å². The van der Waals surface area contributed by atoms with Crippen LogP contribution in [0.4, 0.5) is 0 Å². The van der Waals surface area contributed by atoms with E-state index in [0.29, 0.717) is 29.0 Å². The number of imidazole rings is 1. The van der Waals surface area contributed by atoms with Gasteiger partial charge in [0.05, 0.1) is 61.2 Å². The summed E-state index contributed by atoms with van der Waals surface area (Å²) < 4.78 is 23.1. The van der Waals surface area contributed by atoms with E-state index in [4.69, 9.17) is 39.6 Å². The summed E-state index contributed by atoms with van der Waals surface area (Å²) in [7, 11) is 0. The van der Waals surface area contributed by atoms with Crippen LogP contribution in [0.25, 0.3) is 173 Å². The second kappa shape index (κ2) is 31.3. The highest BCUT2D eigenvalue weighted by atomic mass is 16.5. The molecule has 0 bridgehead atoms. The molecule has 15 heteroatoms. The molecule has 3 aliphatic heterocycles. The number of para-hydroxylation sites is 8. The number of hydrogen-bond acceptors (Lipinski definition) is 8. The summed E-state index contributed by atoms with van der Waals surface area (Å²) in [5.41, 5.74) is 30.8. The Balaban J connectivity index is 0.000000109. The smallest absolute Gasteiger partial charge is 0.326 e. The van der Waals surface area contributed by atoms with Crippen LogP contribution < -0.4 is 4.74 Å². The zero-order chi connectivity index (χ0) is 91.5. The van der Waals surface area contributed by atoms with Crippen molar-refractivity contribution in [3.8, 4) is 109 Å². The molecule has 0 saturated carbocycles. The maximum absolute atomic E-state index is 6.31. The van der Waals surface area contributed by atoms with Crippen LogP contribution in [-0.2, 0) is 21.7 Å². The number of rotatable bonds is 13. The van der Waals surface area contributed by atoms with Crippen molar-refractivity contribution in [3.63, 3.8) is 0 Å². The Morgan fingerprint density at radius 1 is 0.250 bits per heavy atom. The first-order valence-corrected chi connectivity index (χ1v) is 46.5. The molecule has 0 saturated heterocycles. The van der Waals surface area contributed by atoms with Gasteiger partial charge >= 0.3 is 6.01 Å².